The normalized spacial score (nSPS) is 0. The Morgan fingerprint density at radius 3 is 1.00 bits per heavy atom. The van der Waals surface area contributed by atoms with Gasteiger partial charge in [0.15, 0.2) is 0 Å². The van der Waals surface area contributed by atoms with Crippen molar-refractivity contribution in [1.29, 1.82) is 0 Å². The number of hydrogen-bond acceptors (Lipinski definition) is 0. The van der Waals surface area contributed by atoms with Crippen LogP contribution in [0.2, 0.25) is 0 Å². The molecule has 0 aliphatic heterocycles. The SMILES string of the molecule is P.[BaH2].[SbH3].[V]. The van der Waals surface area contributed by atoms with Crippen molar-refractivity contribution >= 4 is 83.2 Å². The molecular weight excluding hydrogens is 341 g/mol. The van der Waals surface area contributed by atoms with Gasteiger partial charge in [0.2, 0.25) is 0 Å². The topological polar surface area (TPSA) is 0 Å². The summed E-state index contributed by atoms with van der Waals surface area (Å²) in [6, 6.07) is 0. The molecule has 0 N–H and O–H groups in total. The molecule has 0 saturated heterocycles. The van der Waals surface area contributed by atoms with Crippen molar-refractivity contribution < 1.29 is 18.6 Å². The molecule has 0 aliphatic carbocycles. The summed E-state index contributed by atoms with van der Waals surface area (Å²) >= 11 is 0. The van der Waals surface area contributed by atoms with Crippen LogP contribution in [0.15, 0.2) is 0 Å². The predicted molar refractivity (Wildman–Crippen MR) is 29.6 cm³/mol. The Hall–Kier alpha value is 3.40. The van der Waals surface area contributed by atoms with Crippen molar-refractivity contribution in [3.8, 4) is 0 Å². The zero-order valence-electron chi connectivity index (χ0n) is 1.86. The third-order valence-electron chi connectivity index (χ3n) is 0. The molecule has 4 heavy (non-hydrogen) atoms. The Balaban J connectivity index is 0. The minimum atomic E-state index is 0. The van der Waals surface area contributed by atoms with E-state index >= 15 is 0 Å². The maximum absolute atomic E-state index is 0. The Morgan fingerprint density at radius 1 is 1.00 bits per heavy atom. The van der Waals surface area contributed by atoms with Crippen molar-refractivity contribution in [2.75, 3.05) is 0 Å². The predicted octanol–water partition coefficient (Wildman–Crippen LogP) is -2.04. The second kappa shape index (κ2) is 16.1. The van der Waals surface area contributed by atoms with Crippen molar-refractivity contribution in [2.45, 2.75) is 0 Å². The molecular formula is H8BaPSbV. The monoisotopic (exact) mass is 349 g/mol. The van der Waals surface area contributed by atoms with Crippen LogP contribution >= 0.6 is 9.90 Å². The number of hydrogen-bond donors (Lipinski definition) is 0. The van der Waals surface area contributed by atoms with Gasteiger partial charge < -0.3 is 0 Å². The minimum absolute atomic E-state index is 0. The summed E-state index contributed by atoms with van der Waals surface area (Å²) < 4.78 is 0. The molecule has 0 spiro atoms. The maximum atomic E-state index is 0. The molecule has 0 saturated carbocycles. The van der Waals surface area contributed by atoms with Crippen molar-refractivity contribution in [3.05, 3.63) is 0 Å². The number of rotatable bonds is 0. The Labute approximate surface area is 99.3 Å². The average Bonchev–Trinajstić information content (AvgIpc) is 0. The second-order valence-corrected chi connectivity index (χ2v) is 0. The summed E-state index contributed by atoms with van der Waals surface area (Å²) in [5.41, 5.74) is 0. The van der Waals surface area contributed by atoms with E-state index in [9.17, 15) is 0 Å². The summed E-state index contributed by atoms with van der Waals surface area (Å²) in [5, 5.41) is 0. The van der Waals surface area contributed by atoms with Gasteiger partial charge in [-0.05, 0) is 0 Å². The fraction of sp³-hybridized carbons (Fsp3) is 0. The fourth-order valence-corrected chi connectivity index (χ4v) is 0. The van der Waals surface area contributed by atoms with Gasteiger partial charge in [-0.25, -0.2) is 0 Å². The first-order chi connectivity index (χ1) is 0. The van der Waals surface area contributed by atoms with E-state index in [-0.39, 0.29) is 102 Å². The van der Waals surface area contributed by atoms with Gasteiger partial charge in [-0.2, -0.15) is 9.90 Å². The summed E-state index contributed by atoms with van der Waals surface area (Å²) in [5.74, 6) is 0. The standard InChI is InChI=1S/Ba.H3P.Sb.V.5H/h;1H3;;;;;;;. The average molecular weight is 349 g/mol. The summed E-state index contributed by atoms with van der Waals surface area (Å²) in [6.07, 6.45) is 0. The van der Waals surface area contributed by atoms with Crippen molar-refractivity contribution in [3.63, 3.8) is 0 Å². The van der Waals surface area contributed by atoms with Gasteiger partial charge in [-0.3, -0.25) is 0 Å². The van der Waals surface area contributed by atoms with Gasteiger partial charge in [0.1, 0.15) is 0 Å². The molecule has 0 aliphatic rings. The summed E-state index contributed by atoms with van der Waals surface area (Å²) in [7, 11) is 0. The Bertz CT molecular complexity index is 8.00. The molecule has 0 fully saturated rings. The largest absolute Gasteiger partial charge is 0 e. The zero-order valence-corrected chi connectivity index (χ0v) is 8.71. The fourth-order valence-electron chi connectivity index (χ4n) is 0. The minimum Gasteiger partial charge on any atom is 0 e. The van der Waals surface area contributed by atoms with E-state index in [0.717, 1.165) is 0 Å². The molecule has 0 rings (SSSR count). The molecule has 4 heteroatoms. The summed E-state index contributed by atoms with van der Waals surface area (Å²) in [4.78, 5) is 0. The van der Waals surface area contributed by atoms with E-state index in [4.69, 9.17) is 0 Å². The Morgan fingerprint density at radius 2 is 1.00 bits per heavy atom. The van der Waals surface area contributed by atoms with E-state index in [1.807, 2.05) is 0 Å². The molecule has 0 bridgehead atoms. The van der Waals surface area contributed by atoms with Crippen LogP contribution in [-0.2, 0) is 18.6 Å². The molecule has 0 amide bonds. The molecule has 1 atom stereocenters. The van der Waals surface area contributed by atoms with Gasteiger partial charge in [0.25, 0.3) is 0 Å². The second-order valence-electron chi connectivity index (χ2n) is 0. The molecule has 0 aromatic carbocycles. The van der Waals surface area contributed by atoms with E-state index in [1.165, 1.54) is 0 Å². The van der Waals surface area contributed by atoms with Crippen molar-refractivity contribution in [2.24, 2.45) is 0 Å². The molecule has 0 nitrogen and oxygen atoms in total. The third kappa shape index (κ3) is 9.05. The molecule has 1 unspecified atom stereocenters. The quantitative estimate of drug-likeness (QED) is 0.349. The van der Waals surface area contributed by atoms with Crippen LogP contribution in [0.1, 0.15) is 0 Å². The van der Waals surface area contributed by atoms with Crippen LogP contribution in [0.5, 0.6) is 0 Å². The first kappa shape index (κ1) is 26.2. The Kier molecular flexibility index (Phi) is 106. The van der Waals surface area contributed by atoms with E-state index < -0.39 is 0 Å². The molecule has 0 heterocycles. The molecule has 1 radical (unpaired) electrons. The van der Waals surface area contributed by atoms with Crippen LogP contribution in [0.25, 0.3) is 0 Å². The molecule has 0 aromatic rings. The van der Waals surface area contributed by atoms with Gasteiger partial charge in [-0.1, -0.05) is 0 Å². The summed E-state index contributed by atoms with van der Waals surface area (Å²) in [6.45, 7) is 0. The van der Waals surface area contributed by atoms with E-state index in [2.05, 4.69) is 0 Å². The van der Waals surface area contributed by atoms with Gasteiger partial charge in [0, 0.05) is 18.6 Å². The van der Waals surface area contributed by atoms with Crippen LogP contribution in [0.4, 0.5) is 0 Å². The molecule has 25 valence electrons. The van der Waals surface area contributed by atoms with Gasteiger partial charge in [0.05, 0.1) is 0 Å². The van der Waals surface area contributed by atoms with Crippen LogP contribution in [0, 0.1) is 0 Å². The smallest absolute Gasteiger partial charge is 0 e. The van der Waals surface area contributed by atoms with Crippen LogP contribution in [-0.4, -0.2) is 73.3 Å². The van der Waals surface area contributed by atoms with E-state index in [0.29, 0.717) is 0 Å². The first-order valence-electron chi connectivity index (χ1n) is 0. The third-order valence-corrected chi connectivity index (χ3v) is 0. The molecule has 0 aromatic heterocycles. The van der Waals surface area contributed by atoms with Crippen LogP contribution in [0.3, 0.4) is 0 Å². The van der Waals surface area contributed by atoms with Gasteiger partial charge in [-0.15, -0.1) is 0 Å². The zero-order chi connectivity index (χ0) is 0. The van der Waals surface area contributed by atoms with Crippen LogP contribution < -0.4 is 0 Å². The maximum Gasteiger partial charge on any atom is 0 e. The van der Waals surface area contributed by atoms with Crippen molar-refractivity contribution in [1.82, 2.24) is 0 Å². The van der Waals surface area contributed by atoms with Gasteiger partial charge >= 0.3 is 73.3 Å². The van der Waals surface area contributed by atoms with E-state index in [1.54, 1.807) is 0 Å². The first-order valence-corrected chi connectivity index (χ1v) is 0.